The summed E-state index contributed by atoms with van der Waals surface area (Å²) in [5.74, 6) is 0.154. The Hall–Kier alpha value is -1.15. The van der Waals surface area contributed by atoms with Crippen LogP contribution in [0.5, 0.6) is 0 Å². The van der Waals surface area contributed by atoms with Gasteiger partial charge >= 0.3 is 0 Å². The van der Waals surface area contributed by atoms with Crippen molar-refractivity contribution in [2.24, 2.45) is 4.99 Å². The fraction of sp³-hybridized carbons (Fsp3) is 0.333. The normalized spacial score (nSPS) is 18.5. The molecule has 1 heterocycles. The van der Waals surface area contributed by atoms with Gasteiger partial charge in [0.1, 0.15) is 6.04 Å². The number of hydrogen-bond acceptors (Lipinski definition) is 2. The largest absolute Gasteiger partial charge is 0.297 e. The van der Waals surface area contributed by atoms with Crippen molar-refractivity contribution in [3.63, 3.8) is 0 Å². The maximum Gasteiger partial charge on any atom is 0.159 e. The molecular formula is C12H12ClNO. The molecule has 1 aliphatic heterocycles. The Labute approximate surface area is 94.0 Å². The first-order valence-corrected chi connectivity index (χ1v) is 5.36. The standard InChI is InChI=1S/C12H12ClNO/c1-8(15)12-11(14-12)7-4-9-2-5-10(13)6-3-9/h2-3,5-6,12H,4,7H2,1H3. The molecule has 15 heavy (non-hydrogen) atoms. The van der Waals surface area contributed by atoms with Crippen LogP contribution in [0.3, 0.4) is 0 Å². The molecule has 0 fully saturated rings. The second-order valence-electron chi connectivity index (χ2n) is 3.76. The van der Waals surface area contributed by atoms with Gasteiger partial charge in [-0.1, -0.05) is 23.7 Å². The third-order valence-corrected chi connectivity index (χ3v) is 2.76. The van der Waals surface area contributed by atoms with Gasteiger partial charge in [0.15, 0.2) is 5.78 Å². The molecule has 0 aliphatic carbocycles. The van der Waals surface area contributed by atoms with E-state index in [9.17, 15) is 4.79 Å². The van der Waals surface area contributed by atoms with Crippen LogP contribution in [-0.4, -0.2) is 17.5 Å². The van der Waals surface area contributed by atoms with Crippen LogP contribution in [0.25, 0.3) is 0 Å². The summed E-state index contributed by atoms with van der Waals surface area (Å²) in [5, 5.41) is 0.754. The Kier molecular flexibility index (Phi) is 2.87. The van der Waals surface area contributed by atoms with Crippen LogP contribution in [-0.2, 0) is 11.2 Å². The van der Waals surface area contributed by atoms with E-state index in [1.807, 2.05) is 24.3 Å². The maximum atomic E-state index is 10.9. The van der Waals surface area contributed by atoms with Crippen molar-refractivity contribution in [3.8, 4) is 0 Å². The number of Topliss-reactive ketones (excluding diaryl/α,β-unsaturated/α-hetero) is 1. The van der Waals surface area contributed by atoms with Crippen molar-refractivity contribution < 1.29 is 4.79 Å². The van der Waals surface area contributed by atoms with Gasteiger partial charge in [-0.15, -0.1) is 0 Å². The first-order valence-electron chi connectivity index (χ1n) is 4.98. The van der Waals surface area contributed by atoms with Gasteiger partial charge in [0, 0.05) is 10.7 Å². The molecule has 2 rings (SSSR count). The Morgan fingerprint density at radius 3 is 2.53 bits per heavy atom. The SMILES string of the molecule is CC(=O)C1N=C1CCc1ccc(Cl)cc1. The number of nitrogens with zero attached hydrogens (tertiary/aromatic N) is 1. The van der Waals surface area contributed by atoms with Gasteiger partial charge in [-0.2, -0.15) is 0 Å². The first-order chi connectivity index (χ1) is 7.16. The number of aliphatic imine (C=N–C) groups is 1. The van der Waals surface area contributed by atoms with Gasteiger partial charge in [-0.3, -0.25) is 9.79 Å². The van der Waals surface area contributed by atoms with Gasteiger partial charge in [0.2, 0.25) is 0 Å². The minimum Gasteiger partial charge on any atom is -0.297 e. The molecule has 1 atom stereocenters. The van der Waals surface area contributed by atoms with Gasteiger partial charge < -0.3 is 0 Å². The summed E-state index contributed by atoms with van der Waals surface area (Å²) >= 11 is 5.78. The van der Waals surface area contributed by atoms with Crippen LogP contribution in [0.2, 0.25) is 5.02 Å². The lowest BCUT2D eigenvalue weighted by Gasteiger charge is -1.98. The van der Waals surface area contributed by atoms with Crippen LogP contribution in [0.4, 0.5) is 0 Å². The molecule has 1 aromatic rings. The van der Waals surface area contributed by atoms with Crippen LogP contribution in [0.1, 0.15) is 18.9 Å². The second-order valence-corrected chi connectivity index (χ2v) is 4.20. The lowest BCUT2D eigenvalue weighted by molar-refractivity contribution is -0.116. The van der Waals surface area contributed by atoms with Crippen molar-refractivity contribution in [1.82, 2.24) is 0 Å². The summed E-state index contributed by atoms with van der Waals surface area (Å²) in [4.78, 5) is 15.1. The van der Waals surface area contributed by atoms with Crippen molar-refractivity contribution >= 4 is 23.1 Å². The Morgan fingerprint density at radius 2 is 2.00 bits per heavy atom. The van der Waals surface area contributed by atoms with E-state index < -0.39 is 0 Å². The van der Waals surface area contributed by atoms with Crippen molar-refractivity contribution in [1.29, 1.82) is 0 Å². The monoisotopic (exact) mass is 221 g/mol. The molecule has 0 saturated carbocycles. The summed E-state index contributed by atoms with van der Waals surface area (Å²) in [6, 6.07) is 7.68. The van der Waals surface area contributed by atoms with Crippen LogP contribution in [0, 0.1) is 0 Å². The third kappa shape index (κ3) is 2.66. The van der Waals surface area contributed by atoms with E-state index in [1.54, 1.807) is 6.92 Å². The van der Waals surface area contributed by atoms with E-state index >= 15 is 0 Å². The number of carbonyl (C=O) groups excluding carboxylic acids is 1. The second kappa shape index (κ2) is 4.15. The van der Waals surface area contributed by atoms with Crippen LogP contribution >= 0.6 is 11.6 Å². The van der Waals surface area contributed by atoms with E-state index in [4.69, 9.17) is 11.6 Å². The number of hydrogen-bond donors (Lipinski definition) is 0. The molecule has 0 aromatic heterocycles. The number of ketones is 1. The fourth-order valence-electron chi connectivity index (χ4n) is 1.58. The van der Waals surface area contributed by atoms with E-state index in [-0.39, 0.29) is 11.8 Å². The minimum atomic E-state index is -0.0997. The third-order valence-electron chi connectivity index (χ3n) is 2.51. The summed E-state index contributed by atoms with van der Waals surface area (Å²) in [7, 11) is 0. The van der Waals surface area contributed by atoms with Crippen LogP contribution < -0.4 is 0 Å². The fourth-order valence-corrected chi connectivity index (χ4v) is 1.70. The predicted octanol–water partition coefficient (Wildman–Crippen LogP) is 2.68. The molecule has 0 spiro atoms. The Morgan fingerprint density at radius 1 is 1.33 bits per heavy atom. The molecule has 1 unspecified atom stereocenters. The number of halogens is 1. The highest BCUT2D eigenvalue weighted by Gasteiger charge is 2.30. The molecule has 0 saturated heterocycles. The van der Waals surface area contributed by atoms with E-state index in [2.05, 4.69) is 4.99 Å². The summed E-state index contributed by atoms with van der Waals surface area (Å²) < 4.78 is 0. The van der Waals surface area contributed by atoms with Crippen molar-refractivity contribution in [3.05, 3.63) is 34.9 Å². The summed E-state index contributed by atoms with van der Waals surface area (Å²) in [6.45, 7) is 1.59. The van der Waals surface area contributed by atoms with Crippen molar-refractivity contribution in [2.45, 2.75) is 25.8 Å². The molecule has 3 heteroatoms. The molecule has 78 valence electrons. The lowest BCUT2D eigenvalue weighted by atomic mass is 10.1. The summed E-state index contributed by atoms with van der Waals surface area (Å²) in [5.41, 5.74) is 2.27. The smallest absolute Gasteiger partial charge is 0.159 e. The first kappa shape index (κ1) is 10.4. The molecule has 0 radical (unpaired) electrons. The van der Waals surface area contributed by atoms with E-state index in [0.29, 0.717) is 0 Å². The Balaban J connectivity index is 1.82. The molecule has 0 amide bonds. The average Bonchev–Trinajstić information content (AvgIpc) is 2.96. The molecule has 1 aromatic carbocycles. The molecule has 0 N–H and O–H groups in total. The zero-order valence-electron chi connectivity index (χ0n) is 8.53. The molecule has 1 aliphatic rings. The number of aryl methyl sites for hydroxylation is 1. The zero-order valence-corrected chi connectivity index (χ0v) is 9.29. The number of carbonyl (C=O) groups is 1. The zero-order chi connectivity index (χ0) is 10.8. The van der Waals surface area contributed by atoms with Gasteiger partial charge in [-0.05, 0) is 37.5 Å². The number of benzene rings is 1. The predicted molar refractivity (Wildman–Crippen MR) is 61.7 cm³/mol. The summed E-state index contributed by atoms with van der Waals surface area (Å²) in [6.07, 6.45) is 1.81. The maximum absolute atomic E-state index is 10.9. The Bertz CT molecular complexity index is 408. The van der Waals surface area contributed by atoms with Crippen molar-refractivity contribution in [2.75, 3.05) is 0 Å². The highest BCUT2D eigenvalue weighted by Crippen LogP contribution is 2.19. The lowest BCUT2D eigenvalue weighted by Crippen LogP contribution is -2.08. The topological polar surface area (TPSA) is 29.4 Å². The van der Waals surface area contributed by atoms with Gasteiger partial charge in [0.05, 0.1) is 0 Å². The molecular weight excluding hydrogens is 210 g/mol. The van der Waals surface area contributed by atoms with E-state index in [0.717, 1.165) is 23.6 Å². The minimum absolute atomic E-state index is 0.0997. The quantitative estimate of drug-likeness (QED) is 0.769. The molecule has 0 bridgehead atoms. The average molecular weight is 222 g/mol. The van der Waals surface area contributed by atoms with Gasteiger partial charge in [-0.25, -0.2) is 0 Å². The highest BCUT2D eigenvalue weighted by atomic mass is 35.5. The van der Waals surface area contributed by atoms with E-state index in [1.165, 1.54) is 5.56 Å². The van der Waals surface area contributed by atoms with Gasteiger partial charge in [0.25, 0.3) is 0 Å². The highest BCUT2D eigenvalue weighted by molar-refractivity contribution is 6.30. The van der Waals surface area contributed by atoms with Crippen LogP contribution in [0.15, 0.2) is 29.3 Å². The molecule has 2 nitrogen and oxygen atoms in total. The number of rotatable bonds is 4.